The molecule has 0 spiro atoms. The Morgan fingerprint density at radius 3 is 2.43 bits per heavy atom. The lowest BCUT2D eigenvalue weighted by Gasteiger charge is -2.26. The Balaban J connectivity index is 1.19. The Kier molecular flexibility index (Phi) is 7.68. The van der Waals surface area contributed by atoms with Crippen molar-refractivity contribution in [3.8, 4) is 0 Å². The van der Waals surface area contributed by atoms with E-state index in [1.807, 2.05) is 0 Å². The molecule has 1 amide bonds. The number of fused-ring (bicyclic) bond motifs is 2. The van der Waals surface area contributed by atoms with Gasteiger partial charge in [-0.15, -0.1) is 0 Å². The Morgan fingerprint density at radius 2 is 1.73 bits per heavy atom. The van der Waals surface area contributed by atoms with E-state index >= 15 is 0 Å². The Labute approximate surface area is 245 Å². The third-order valence-corrected chi connectivity index (χ3v) is 9.50. The number of hydrogen-bond donors (Lipinski definition) is 8. The van der Waals surface area contributed by atoms with Crippen molar-refractivity contribution in [2.45, 2.75) is 55.0 Å². The number of hydrogen-bond acceptors (Lipinski definition) is 16. The van der Waals surface area contributed by atoms with Crippen molar-refractivity contribution in [2.75, 3.05) is 18.9 Å². The van der Waals surface area contributed by atoms with Crippen molar-refractivity contribution >= 4 is 41.8 Å². The summed E-state index contributed by atoms with van der Waals surface area (Å²) in [5, 5.41) is 31.2. The second kappa shape index (κ2) is 11.2. The molecule has 0 radical (unpaired) electrons. The van der Waals surface area contributed by atoms with Crippen molar-refractivity contribution in [2.24, 2.45) is 11.5 Å². The zero-order valence-electron chi connectivity index (χ0n) is 22.5. The molecule has 0 aliphatic carbocycles. The summed E-state index contributed by atoms with van der Waals surface area (Å²) in [6.45, 7) is -1.03. The molecule has 11 N–H and O–H groups in total. The molecule has 0 aromatic carbocycles. The van der Waals surface area contributed by atoms with Gasteiger partial charge in [0.25, 0.3) is 11.5 Å². The highest BCUT2D eigenvalue weighted by molar-refractivity contribution is 7.53. The number of carbonyl (C=O) groups excluding carboxylic acids is 1. The summed E-state index contributed by atoms with van der Waals surface area (Å²) >= 11 is 0. The minimum Gasteiger partial charge on any atom is -0.394 e. The number of primary amides is 1. The molecule has 6 rings (SSSR count). The second-order valence-electron chi connectivity index (χ2n) is 10.2. The monoisotopic (exact) mass is 637 g/mol. The van der Waals surface area contributed by atoms with Gasteiger partial charge in [-0.1, -0.05) is 0 Å². The number of nitrogen functional groups attached to an aromatic ring is 1. The largest absolute Gasteiger partial charge is 0.394 e. The summed E-state index contributed by atoms with van der Waals surface area (Å²) in [4.78, 5) is 57.3. The Morgan fingerprint density at radius 1 is 1.05 bits per heavy atom. The van der Waals surface area contributed by atoms with E-state index in [0.717, 1.165) is 12.7 Å². The average molecular weight is 638 g/mol. The maximum Gasteiger partial charge on any atom is 0.337 e. The first kappa shape index (κ1) is 30.1. The van der Waals surface area contributed by atoms with Crippen molar-refractivity contribution in [3.05, 3.63) is 35.0 Å². The number of H-pyrrole nitrogens is 1. The van der Waals surface area contributed by atoms with E-state index in [1.54, 1.807) is 0 Å². The van der Waals surface area contributed by atoms with Crippen LogP contribution in [0.2, 0.25) is 0 Å². The summed E-state index contributed by atoms with van der Waals surface area (Å²) in [6.07, 6.45) is -4.28. The number of aromatic amines is 1. The van der Waals surface area contributed by atoms with Gasteiger partial charge in [-0.25, -0.2) is 19.9 Å². The fraction of sp³-hybridized carbons (Fsp3) is 0.500. The van der Waals surface area contributed by atoms with E-state index in [1.165, 1.54) is 15.5 Å². The van der Waals surface area contributed by atoms with Gasteiger partial charge in [0.2, 0.25) is 5.95 Å². The molecule has 4 aromatic rings. The van der Waals surface area contributed by atoms with E-state index in [-0.39, 0.29) is 40.4 Å². The van der Waals surface area contributed by atoms with E-state index in [9.17, 15) is 34.4 Å². The van der Waals surface area contributed by atoms with Crippen LogP contribution in [0, 0.1) is 0 Å². The number of nitrogens with one attached hydrogen (secondary N) is 1. The standard InChI is InChI=1S/C22H28N11O10P/c23-9-8(3-34)43-21(33-6-29-12-18(33)30-22(25)31-19(12)38)15(9)44(39,40)41-2-1-7-13(35)14(36)20(42-7)32-5-28-11-10(16(24)37)26-4-27-17(11)32/h4-9,13-15,20-21,34-36H,1-3,23H2,(H2,24,37)(H,39,40)(H3,25,30,31,38)/t7-,8-,9-,13-,14-,15-,20-,21-/m1/s1. The highest BCUT2D eigenvalue weighted by Gasteiger charge is 2.54. The van der Waals surface area contributed by atoms with Gasteiger partial charge in [-0.05, 0) is 0 Å². The number of carbonyl (C=O) groups is 1. The van der Waals surface area contributed by atoms with Crippen LogP contribution < -0.4 is 22.8 Å². The number of anilines is 1. The van der Waals surface area contributed by atoms with Gasteiger partial charge in [-0.2, -0.15) is 4.98 Å². The molecule has 2 saturated heterocycles. The molecule has 9 atom stereocenters. The van der Waals surface area contributed by atoms with E-state index < -0.39 is 80.8 Å². The quantitative estimate of drug-likeness (QED) is 0.0823. The van der Waals surface area contributed by atoms with Gasteiger partial charge in [-0.3, -0.25) is 28.3 Å². The molecule has 1 unspecified atom stereocenters. The number of aliphatic hydroxyl groups is 3. The predicted molar refractivity (Wildman–Crippen MR) is 145 cm³/mol. The lowest BCUT2D eigenvalue weighted by molar-refractivity contribution is -0.0403. The smallest absolute Gasteiger partial charge is 0.337 e. The molecular weight excluding hydrogens is 609 g/mol. The second-order valence-corrected chi connectivity index (χ2v) is 12.2. The van der Waals surface area contributed by atoms with Crippen LogP contribution in [0.4, 0.5) is 5.95 Å². The lowest BCUT2D eigenvalue weighted by Crippen LogP contribution is -2.41. The van der Waals surface area contributed by atoms with Crippen molar-refractivity contribution in [3.63, 3.8) is 0 Å². The number of nitrogens with zero attached hydrogens (tertiary/aromatic N) is 7. The van der Waals surface area contributed by atoms with E-state index in [4.69, 9.17) is 31.2 Å². The van der Waals surface area contributed by atoms with Gasteiger partial charge >= 0.3 is 7.60 Å². The highest BCUT2D eigenvalue weighted by atomic mass is 31.2. The van der Waals surface area contributed by atoms with Gasteiger partial charge in [0, 0.05) is 6.42 Å². The third kappa shape index (κ3) is 4.93. The molecule has 236 valence electrons. The molecule has 21 nitrogen and oxygen atoms in total. The fourth-order valence-corrected chi connectivity index (χ4v) is 7.17. The van der Waals surface area contributed by atoms with Gasteiger partial charge in [0.05, 0.1) is 44.1 Å². The Bertz CT molecular complexity index is 1830. The Hall–Kier alpha value is -3.92. The number of ether oxygens (including phenoxy) is 2. The van der Waals surface area contributed by atoms with E-state index in [0.29, 0.717) is 0 Å². The molecule has 2 fully saturated rings. The molecule has 22 heteroatoms. The number of amides is 1. The SMILES string of the molecule is NC(=O)c1ncnc2c1ncn2[C@@H]1O[C@H](CCOP(=O)(O)[C@@H]2[C@H](N)[C@@H](CO)O[C@H]2n2cnc3c(=O)[nH]c(N)nc32)[C@@H](O)[C@H]1O. The van der Waals surface area contributed by atoms with Crippen LogP contribution in [0.1, 0.15) is 29.4 Å². The fourth-order valence-electron chi connectivity index (χ4n) is 5.46. The number of nitrogens with two attached hydrogens (primary N) is 3. The third-order valence-electron chi connectivity index (χ3n) is 7.59. The maximum atomic E-state index is 13.6. The van der Waals surface area contributed by atoms with Crippen LogP contribution in [-0.2, 0) is 18.6 Å². The minimum absolute atomic E-state index is 0.0465. The number of aromatic nitrogens is 8. The number of imidazole rings is 2. The van der Waals surface area contributed by atoms with Crippen molar-refractivity contribution in [1.29, 1.82) is 0 Å². The van der Waals surface area contributed by atoms with Crippen LogP contribution in [-0.4, -0.2) is 114 Å². The molecular formula is C22H28N11O10P. The van der Waals surface area contributed by atoms with Crippen LogP contribution in [0.5, 0.6) is 0 Å². The summed E-state index contributed by atoms with van der Waals surface area (Å²) in [6, 6.07) is -1.20. The van der Waals surface area contributed by atoms with Crippen LogP contribution >= 0.6 is 7.60 Å². The summed E-state index contributed by atoms with van der Waals surface area (Å²) < 4.78 is 33.1. The normalized spacial score (nSPS) is 30.3. The lowest BCUT2D eigenvalue weighted by atomic mass is 10.1. The van der Waals surface area contributed by atoms with Crippen molar-refractivity contribution in [1.82, 2.24) is 39.0 Å². The van der Waals surface area contributed by atoms with Gasteiger partial charge in [0.1, 0.15) is 29.7 Å². The molecule has 0 bridgehead atoms. The van der Waals surface area contributed by atoms with Crippen LogP contribution in [0.25, 0.3) is 22.3 Å². The van der Waals surface area contributed by atoms with Crippen molar-refractivity contribution < 1.29 is 43.6 Å². The first-order chi connectivity index (χ1) is 20.9. The zero-order chi connectivity index (χ0) is 31.5. The van der Waals surface area contributed by atoms with Gasteiger partial charge < -0.3 is 51.4 Å². The molecule has 44 heavy (non-hydrogen) atoms. The maximum absolute atomic E-state index is 13.6. The summed E-state index contributed by atoms with van der Waals surface area (Å²) in [7, 11) is -4.68. The van der Waals surface area contributed by atoms with Crippen LogP contribution in [0.3, 0.4) is 0 Å². The summed E-state index contributed by atoms with van der Waals surface area (Å²) in [5.41, 5.74) is 15.0. The topological polar surface area (TPSA) is 328 Å². The van der Waals surface area contributed by atoms with E-state index in [2.05, 4.69) is 29.9 Å². The van der Waals surface area contributed by atoms with Gasteiger partial charge in [0.15, 0.2) is 35.0 Å². The van der Waals surface area contributed by atoms with Crippen LogP contribution in [0.15, 0.2) is 23.8 Å². The predicted octanol–water partition coefficient (Wildman–Crippen LogP) is -3.56. The number of rotatable bonds is 9. The first-order valence-electron chi connectivity index (χ1n) is 13.1. The first-order valence-corrected chi connectivity index (χ1v) is 14.8. The molecule has 2 aliphatic rings. The molecule has 4 aromatic heterocycles. The molecule has 6 heterocycles. The molecule has 2 aliphatic heterocycles. The molecule has 0 saturated carbocycles. The highest BCUT2D eigenvalue weighted by Crippen LogP contribution is 2.57. The minimum atomic E-state index is -4.68. The zero-order valence-corrected chi connectivity index (χ0v) is 23.4. The number of aliphatic hydroxyl groups excluding tert-OH is 3. The average Bonchev–Trinajstić information content (AvgIpc) is 3.73. The summed E-state index contributed by atoms with van der Waals surface area (Å²) in [5.74, 6) is -1.07.